The summed E-state index contributed by atoms with van der Waals surface area (Å²) in [7, 11) is 0. The summed E-state index contributed by atoms with van der Waals surface area (Å²) < 4.78 is 70.6. The Balaban J connectivity index is 2.37. The van der Waals surface area contributed by atoms with Gasteiger partial charge in [0, 0.05) is 6.20 Å². The average molecular weight is 365 g/mol. The lowest BCUT2D eigenvalue weighted by Gasteiger charge is -2.14. The first-order valence-corrected chi connectivity index (χ1v) is 6.86. The number of para-hydroxylation sites is 2. The number of nitriles is 2. The molecular weight excluding hydrogens is 357 g/mol. The fraction of sp³-hybridized carbons (Fsp3) is 0.0588. The highest BCUT2D eigenvalue weighted by Gasteiger charge is 2.33. The van der Waals surface area contributed by atoms with Gasteiger partial charge in [0.15, 0.2) is 23.1 Å². The van der Waals surface area contributed by atoms with E-state index in [0.29, 0.717) is 0 Å². The highest BCUT2D eigenvalue weighted by Crippen LogP contribution is 2.37. The van der Waals surface area contributed by atoms with Crippen LogP contribution in [0.5, 0.6) is 11.5 Å². The molecule has 0 aliphatic heterocycles. The molecule has 0 atom stereocenters. The van der Waals surface area contributed by atoms with E-state index in [2.05, 4.69) is 5.32 Å². The monoisotopic (exact) mass is 365 g/mol. The first-order valence-electron chi connectivity index (χ1n) is 6.86. The van der Waals surface area contributed by atoms with Gasteiger partial charge in [0.2, 0.25) is 0 Å². The second-order valence-corrected chi connectivity index (χ2v) is 4.79. The molecule has 0 aliphatic carbocycles. The molecule has 26 heavy (non-hydrogen) atoms. The van der Waals surface area contributed by atoms with Crippen molar-refractivity contribution in [3.63, 3.8) is 0 Å². The van der Waals surface area contributed by atoms with Crippen LogP contribution in [0.3, 0.4) is 0 Å². The number of halogens is 5. The van der Waals surface area contributed by atoms with E-state index in [1.165, 1.54) is 24.3 Å². The lowest BCUT2D eigenvalue weighted by Crippen LogP contribution is -2.07. The van der Waals surface area contributed by atoms with Crippen molar-refractivity contribution < 1.29 is 26.7 Å². The minimum absolute atomic E-state index is 0.123. The zero-order valence-electron chi connectivity index (χ0n) is 12.7. The number of hydrogen-bond donors (Lipinski definition) is 1. The predicted octanol–water partition coefficient (Wildman–Crippen LogP) is 5.12. The van der Waals surface area contributed by atoms with Crippen LogP contribution >= 0.6 is 0 Å². The van der Waals surface area contributed by atoms with Gasteiger partial charge in [-0.2, -0.15) is 23.7 Å². The van der Waals surface area contributed by atoms with Crippen LogP contribution in [0.1, 0.15) is 5.56 Å². The Morgan fingerprint density at radius 1 is 1.04 bits per heavy atom. The van der Waals surface area contributed by atoms with E-state index < -0.39 is 29.1 Å². The molecule has 0 amide bonds. The smallest absolute Gasteiger partial charge is 0.416 e. The van der Waals surface area contributed by atoms with E-state index in [1.54, 1.807) is 12.1 Å². The number of nitrogens with one attached hydrogen (secondary N) is 1. The standard InChI is InChI=1S/C17H8F5N3O/c18-12-5-11(17(20,21)22)6-13(19)16(12)26-15-4-2-1-3-14(15)25-9-10(7-23)8-24/h1-6,9,25H. The van der Waals surface area contributed by atoms with Crippen molar-refractivity contribution >= 4 is 5.69 Å². The van der Waals surface area contributed by atoms with Crippen LogP contribution in [0.15, 0.2) is 48.2 Å². The van der Waals surface area contributed by atoms with Crippen LogP contribution < -0.4 is 10.1 Å². The van der Waals surface area contributed by atoms with Crippen molar-refractivity contribution in [3.8, 4) is 23.6 Å². The number of benzene rings is 2. The largest absolute Gasteiger partial charge is 0.449 e. The Kier molecular flexibility index (Phi) is 5.43. The molecule has 0 spiro atoms. The number of allylic oxidation sites excluding steroid dienone is 1. The molecule has 0 aromatic heterocycles. The second-order valence-electron chi connectivity index (χ2n) is 4.79. The summed E-state index contributed by atoms with van der Waals surface area (Å²) in [5, 5.41) is 19.9. The van der Waals surface area contributed by atoms with Gasteiger partial charge in [0.05, 0.1) is 11.3 Å². The minimum Gasteiger partial charge on any atom is -0.449 e. The maximum Gasteiger partial charge on any atom is 0.416 e. The van der Waals surface area contributed by atoms with Gasteiger partial charge in [-0.25, -0.2) is 8.78 Å². The van der Waals surface area contributed by atoms with Crippen molar-refractivity contribution in [3.05, 3.63) is 65.4 Å². The third kappa shape index (κ3) is 4.28. The van der Waals surface area contributed by atoms with Gasteiger partial charge in [-0.05, 0) is 24.3 Å². The lowest BCUT2D eigenvalue weighted by molar-refractivity contribution is -0.138. The first-order chi connectivity index (χ1) is 12.3. The lowest BCUT2D eigenvalue weighted by atomic mass is 10.2. The third-order valence-electron chi connectivity index (χ3n) is 3.04. The van der Waals surface area contributed by atoms with E-state index in [0.717, 1.165) is 6.20 Å². The fourth-order valence-electron chi connectivity index (χ4n) is 1.85. The van der Waals surface area contributed by atoms with Gasteiger partial charge >= 0.3 is 6.18 Å². The second kappa shape index (κ2) is 7.53. The molecule has 0 saturated carbocycles. The topological polar surface area (TPSA) is 68.8 Å². The molecule has 1 N–H and O–H groups in total. The summed E-state index contributed by atoms with van der Waals surface area (Å²) in [6.07, 6.45) is -3.86. The van der Waals surface area contributed by atoms with Gasteiger partial charge < -0.3 is 10.1 Å². The summed E-state index contributed by atoms with van der Waals surface area (Å²) in [5.41, 5.74) is -1.62. The highest BCUT2D eigenvalue weighted by atomic mass is 19.4. The molecule has 2 aromatic rings. The van der Waals surface area contributed by atoms with E-state index in [9.17, 15) is 22.0 Å². The van der Waals surface area contributed by atoms with E-state index in [1.807, 2.05) is 0 Å². The quantitative estimate of drug-likeness (QED) is 0.603. The zero-order chi connectivity index (χ0) is 19.3. The summed E-state index contributed by atoms with van der Waals surface area (Å²) in [5.74, 6) is -4.21. The highest BCUT2D eigenvalue weighted by molar-refractivity contribution is 5.60. The van der Waals surface area contributed by atoms with Gasteiger partial charge in [-0.15, -0.1) is 0 Å². The van der Waals surface area contributed by atoms with Crippen LogP contribution in [0.25, 0.3) is 0 Å². The van der Waals surface area contributed by atoms with Crippen molar-refractivity contribution in [1.82, 2.24) is 0 Å². The molecule has 0 saturated heterocycles. The van der Waals surface area contributed by atoms with Gasteiger partial charge in [0.25, 0.3) is 0 Å². The van der Waals surface area contributed by atoms with E-state index in [4.69, 9.17) is 15.3 Å². The normalized spacial score (nSPS) is 10.4. The summed E-state index contributed by atoms with van der Waals surface area (Å²) in [4.78, 5) is 0. The molecule has 4 nitrogen and oxygen atoms in total. The van der Waals surface area contributed by atoms with Crippen LogP contribution in [-0.4, -0.2) is 0 Å². The van der Waals surface area contributed by atoms with Crippen molar-refractivity contribution in [2.45, 2.75) is 6.18 Å². The molecule has 2 rings (SSSR count). The van der Waals surface area contributed by atoms with Crippen molar-refractivity contribution in [2.24, 2.45) is 0 Å². The molecule has 0 unspecified atom stereocenters. The van der Waals surface area contributed by atoms with Gasteiger partial charge in [0.1, 0.15) is 17.7 Å². The summed E-state index contributed by atoms with van der Waals surface area (Å²) >= 11 is 0. The molecule has 9 heteroatoms. The van der Waals surface area contributed by atoms with E-state index >= 15 is 0 Å². The van der Waals surface area contributed by atoms with Crippen LogP contribution in [0.4, 0.5) is 27.6 Å². The molecule has 0 aliphatic rings. The number of rotatable bonds is 4. The Morgan fingerprint density at radius 3 is 2.15 bits per heavy atom. The molecule has 132 valence electrons. The summed E-state index contributed by atoms with van der Waals surface area (Å²) in [6, 6.07) is 9.14. The maximum absolute atomic E-state index is 13.9. The number of alkyl halides is 3. The zero-order valence-corrected chi connectivity index (χ0v) is 12.7. The van der Waals surface area contributed by atoms with Crippen LogP contribution in [0.2, 0.25) is 0 Å². The minimum atomic E-state index is -4.91. The molecule has 0 bridgehead atoms. The first kappa shape index (κ1) is 18.7. The molecule has 0 heterocycles. The fourth-order valence-corrected chi connectivity index (χ4v) is 1.85. The Morgan fingerprint density at radius 2 is 1.62 bits per heavy atom. The van der Waals surface area contributed by atoms with Crippen molar-refractivity contribution in [2.75, 3.05) is 5.32 Å². The Bertz CT molecular complexity index is 900. The SMILES string of the molecule is N#CC(C#N)=CNc1ccccc1Oc1c(F)cc(C(F)(F)F)cc1F. The van der Waals surface area contributed by atoms with Crippen LogP contribution in [0, 0.1) is 34.3 Å². The third-order valence-corrected chi connectivity index (χ3v) is 3.04. The number of ether oxygens (including phenoxy) is 1. The average Bonchev–Trinajstić information content (AvgIpc) is 2.59. The number of hydrogen-bond acceptors (Lipinski definition) is 4. The predicted molar refractivity (Wildman–Crippen MR) is 80.8 cm³/mol. The number of nitrogens with zero attached hydrogens (tertiary/aromatic N) is 2. The Hall–Kier alpha value is -3.59. The molecule has 0 fully saturated rings. The Labute approximate surface area is 144 Å². The van der Waals surface area contributed by atoms with Crippen LogP contribution in [-0.2, 0) is 6.18 Å². The van der Waals surface area contributed by atoms with Crippen molar-refractivity contribution in [1.29, 1.82) is 10.5 Å². The maximum atomic E-state index is 13.9. The molecular formula is C17H8F5N3O. The summed E-state index contributed by atoms with van der Waals surface area (Å²) in [6.45, 7) is 0. The van der Waals surface area contributed by atoms with Gasteiger partial charge in [-0.1, -0.05) is 12.1 Å². The van der Waals surface area contributed by atoms with E-state index in [-0.39, 0.29) is 29.1 Å². The molecule has 0 radical (unpaired) electrons. The molecule has 2 aromatic carbocycles. The van der Waals surface area contributed by atoms with Gasteiger partial charge in [-0.3, -0.25) is 0 Å². The number of anilines is 1.